The van der Waals surface area contributed by atoms with Crippen LogP contribution in [-0.4, -0.2) is 81.1 Å². The summed E-state index contributed by atoms with van der Waals surface area (Å²) in [5.41, 5.74) is 0.857. The number of rotatable bonds is 4. The second-order valence-corrected chi connectivity index (χ2v) is 7.63. The van der Waals surface area contributed by atoms with Crippen LogP contribution in [0.1, 0.15) is 37.4 Å². The summed E-state index contributed by atoms with van der Waals surface area (Å²) >= 11 is 0. The molecule has 5 rings (SSSR count). The number of fused-ring (bicyclic) bond motifs is 1. The molecule has 3 fully saturated rings. The summed E-state index contributed by atoms with van der Waals surface area (Å²) in [6.07, 6.45) is 8.54. The van der Waals surface area contributed by atoms with E-state index in [4.69, 9.17) is 0 Å². The van der Waals surface area contributed by atoms with E-state index in [9.17, 15) is 4.79 Å². The minimum absolute atomic E-state index is 0.280. The Morgan fingerprint density at radius 2 is 1.81 bits per heavy atom. The maximum atomic E-state index is 12.3. The lowest BCUT2D eigenvalue weighted by atomic mass is 10.3. The summed E-state index contributed by atoms with van der Waals surface area (Å²) in [6.45, 7) is 5.90. The van der Waals surface area contributed by atoms with Crippen molar-refractivity contribution in [1.29, 1.82) is 0 Å². The summed E-state index contributed by atoms with van der Waals surface area (Å²) in [5.74, 6) is 2.83. The molecule has 1 amide bonds. The molecular formula is C18H25N7O. The van der Waals surface area contributed by atoms with Crippen LogP contribution in [0.3, 0.4) is 0 Å². The standard InChI is InChI=1S/C18H25N7O/c26-15(23-6-1-2-7-23)13-22-9-11-24(12-10-22)17-18-21-20-16(14-3-4-14)25(18)8-5-19-17/h5,8,14H,1-4,6-7,9-13H2. The summed E-state index contributed by atoms with van der Waals surface area (Å²) < 4.78 is 2.10. The summed E-state index contributed by atoms with van der Waals surface area (Å²) in [4.78, 5) is 23.5. The lowest BCUT2D eigenvalue weighted by Gasteiger charge is -2.35. The third-order valence-electron chi connectivity index (χ3n) is 5.77. The molecule has 3 aliphatic rings. The highest BCUT2D eigenvalue weighted by molar-refractivity contribution is 5.78. The maximum absolute atomic E-state index is 12.3. The van der Waals surface area contributed by atoms with Gasteiger partial charge in [0.05, 0.1) is 6.54 Å². The molecule has 26 heavy (non-hydrogen) atoms. The van der Waals surface area contributed by atoms with Gasteiger partial charge < -0.3 is 9.80 Å². The minimum Gasteiger partial charge on any atom is -0.351 e. The van der Waals surface area contributed by atoms with Gasteiger partial charge in [0.15, 0.2) is 5.82 Å². The molecule has 0 radical (unpaired) electrons. The highest BCUT2D eigenvalue weighted by Gasteiger charge is 2.30. The number of hydrogen-bond acceptors (Lipinski definition) is 6. The van der Waals surface area contributed by atoms with Crippen molar-refractivity contribution in [3.8, 4) is 0 Å². The van der Waals surface area contributed by atoms with E-state index in [0.717, 1.165) is 69.4 Å². The zero-order chi connectivity index (χ0) is 17.5. The molecule has 2 aliphatic heterocycles. The van der Waals surface area contributed by atoms with Crippen molar-refractivity contribution in [2.24, 2.45) is 0 Å². The Morgan fingerprint density at radius 1 is 1.04 bits per heavy atom. The van der Waals surface area contributed by atoms with Crippen molar-refractivity contribution in [2.45, 2.75) is 31.6 Å². The van der Waals surface area contributed by atoms with Crippen molar-refractivity contribution in [2.75, 3.05) is 50.7 Å². The lowest BCUT2D eigenvalue weighted by molar-refractivity contribution is -0.131. The Balaban J connectivity index is 1.25. The van der Waals surface area contributed by atoms with E-state index in [2.05, 4.69) is 29.4 Å². The highest BCUT2D eigenvalue weighted by atomic mass is 16.2. The van der Waals surface area contributed by atoms with Gasteiger partial charge in [-0.25, -0.2) is 4.98 Å². The van der Waals surface area contributed by atoms with Gasteiger partial charge in [0.1, 0.15) is 5.82 Å². The fourth-order valence-corrected chi connectivity index (χ4v) is 4.05. The smallest absolute Gasteiger partial charge is 0.236 e. The van der Waals surface area contributed by atoms with E-state index in [1.165, 1.54) is 12.8 Å². The molecule has 1 aliphatic carbocycles. The SMILES string of the molecule is O=C(CN1CCN(c2nccn3c(C4CC4)nnc23)CC1)N1CCCC1. The highest BCUT2D eigenvalue weighted by Crippen LogP contribution is 2.39. The topological polar surface area (TPSA) is 69.9 Å². The van der Waals surface area contributed by atoms with Crippen molar-refractivity contribution >= 4 is 17.4 Å². The van der Waals surface area contributed by atoms with Gasteiger partial charge in [-0.3, -0.25) is 14.1 Å². The lowest BCUT2D eigenvalue weighted by Crippen LogP contribution is -2.50. The molecule has 0 unspecified atom stereocenters. The number of anilines is 1. The molecule has 0 atom stereocenters. The largest absolute Gasteiger partial charge is 0.351 e. The molecule has 0 spiro atoms. The van der Waals surface area contributed by atoms with Crippen LogP contribution in [0.2, 0.25) is 0 Å². The van der Waals surface area contributed by atoms with Gasteiger partial charge in [0.25, 0.3) is 0 Å². The molecule has 8 nitrogen and oxygen atoms in total. The van der Waals surface area contributed by atoms with E-state index in [1.54, 1.807) is 0 Å². The van der Waals surface area contributed by atoms with Gasteiger partial charge in [-0.15, -0.1) is 10.2 Å². The Kier molecular flexibility index (Phi) is 4.00. The zero-order valence-electron chi connectivity index (χ0n) is 15.0. The average molecular weight is 355 g/mol. The van der Waals surface area contributed by atoms with Crippen LogP contribution in [-0.2, 0) is 4.79 Å². The van der Waals surface area contributed by atoms with Gasteiger partial charge in [-0.1, -0.05) is 0 Å². The van der Waals surface area contributed by atoms with E-state index in [1.807, 2.05) is 17.3 Å². The van der Waals surface area contributed by atoms with Gasteiger partial charge in [-0.2, -0.15) is 0 Å². The van der Waals surface area contributed by atoms with Crippen LogP contribution in [0.25, 0.3) is 5.65 Å². The molecule has 1 saturated carbocycles. The van der Waals surface area contributed by atoms with Gasteiger partial charge in [-0.05, 0) is 25.7 Å². The number of aromatic nitrogens is 4. The van der Waals surface area contributed by atoms with Crippen LogP contribution in [0.4, 0.5) is 5.82 Å². The fourth-order valence-electron chi connectivity index (χ4n) is 4.05. The van der Waals surface area contributed by atoms with E-state index < -0.39 is 0 Å². The third-order valence-corrected chi connectivity index (χ3v) is 5.77. The van der Waals surface area contributed by atoms with Crippen molar-refractivity contribution < 1.29 is 4.79 Å². The number of likely N-dealkylation sites (tertiary alicyclic amines) is 1. The summed E-state index contributed by atoms with van der Waals surface area (Å²) in [6, 6.07) is 0. The molecule has 2 aromatic rings. The first-order valence-electron chi connectivity index (χ1n) is 9.74. The molecule has 0 bridgehead atoms. The number of hydrogen-bond donors (Lipinski definition) is 0. The quantitative estimate of drug-likeness (QED) is 0.806. The predicted molar refractivity (Wildman–Crippen MR) is 97.2 cm³/mol. The Hall–Kier alpha value is -2.22. The van der Waals surface area contributed by atoms with Crippen molar-refractivity contribution in [3.63, 3.8) is 0 Å². The Bertz CT molecular complexity index is 801. The first kappa shape index (κ1) is 16.0. The maximum Gasteiger partial charge on any atom is 0.236 e. The monoisotopic (exact) mass is 355 g/mol. The minimum atomic E-state index is 0.280. The van der Waals surface area contributed by atoms with Gasteiger partial charge in [0, 0.05) is 57.6 Å². The number of nitrogens with zero attached hydrogens (tertiary/aromatic N) is 7. The molecular weight excluding hydrogens is 330 g/mol. The summed E-state index contributed by atoms with van der Waals surface area (Å²) in [5, 5.41) is 8.81. The number of carbonyl (C=O) groups excluding carboxylic acids is 1. The van der Waals surface area contributed by atoms with Crippen LogP contribution >= 0.6 is 0 Å². The van der Waals surface area contributed by atoms with Crippen molar-refractivity contribution in [3.05, 3.63) is 18.2 Å². The number of amides is 1. The van der Waals surface area contributed by atoms with Crippen LogP contribution in [0.5, 0.6) is 0 Å². The van der Waals surface area contributed by atoms with E-state index >= 15 is 0 Å². The van der Waals surface area contributed by atoms with Gasteiger partial charge >= 0.3 is 0 Å². The molecule has 0 N–H and O–H groups in total. The first-order valence-corrected chi connectivity index (χ1v) is 9.74. The fraction of sp³-hybridized carbons (Fsp3) is 0.667. The number of piperazine rings is 1. The third kappa shape index (κ3) is 2.92. The first-order chi connectivity index (χ1) is 12.8. The van der Waals surface area contributed by atoms with Crippen LogP contribution in [0.15, 0.2) is 12.4 Å². The van der Waals surface area contributed by atoms with Crippen LogP contribution < -0.4 is 4.90 Å². The summed E-state index contributed by atoms with van der Waals surface area (Å²) in [7, 11) is 0. The van der Waals surface area contributed by atoms with Crippen molar-refractivity contribution in [1.82, 2.24) is 29.4 Å². The molecule has 138 valence electrons. The molecule has 4 heterocycles. The number of carbonyl (C=O) groups is 1. The van der Waals surface area contributed by atoms with Gasteiger partial charge in [0.2, 0.25) is 11.6 Å². The average Bonchev–Trinajstić information content (AvgIpc) is 3.19. The van der Waals surface area contributed by atoms with E-state index in [0.29, 0.717) is 12.5 Å². The molecule has 0 aromatic carbocycles. The molecule has 8 heteroatoms. The second-order valence-electron chi connectivity index (χ2n) is 7.63. The Labute approximate surface area is 152 Å². The van der Waals surface area contributed by atoms with E-state index in [-0.39, 0.29) is 5.91 Å². The second kappa shape index (κ2) is 6.50. The molecule has 2 saturated heterocycles. The predicted octanol–water partition coefficient (Wildman–Crippen LogP) is 0.746. The van der Waals surface area contributed by atoms with Crippen LogP contribution in [0, 0.1) is 0 Å². The zero-order valence-corrected chi connectivity index (χ0v) is 15.0. The Morgan fingerprint density at radius 3 is 2.54 bits per heavy atom. The molecule has 2 aromatic heterocycles. The normalized spacial score (nSPS) is 21.7.